The first-order valence-electron chi connectivity index (χ1n) is 15.8. The molecule has 9 nitrogen and oxygen atoms in total. The molecular formula is C34H48F3N3O6. The summed E-state index contributed by atoms with van der Waals surface area (Å²) in [5.41, 5.74) is 1.45. The van der Waals surface area contributed by atoms with Crippen molar-refractivity contribution < 1.29 is 42.1 Å². The second-order valence-corrected chi connectivity index (χ2v) is 12.2. The van der Waals surface area contributed by atoms with E-state index in [0.717, 1.165) is 24.2 Å². The summed E-state index contributed by atoms with van der Waals surface area (Å²) in [7, 11) is 3.65. The maximum Gasteiger partial charge on any atom is 0.389 e. The molecular weight excluding hydrogens is 603 g/mol. The number of alkyl halides is 3. The van der Waals surface area contributed by atoms with Crippen LogP contribution in [0, 0.1) is 5.92 Å². The van der Waals surface area contributed by atoms with E-state index in [1.54, 1.807) is 25.0 Å². The first-order chi connectivity index (χ1) is 21.8. The van der Waals surface area contributed by atoms with Crippen LogP contribution in [0.5, 0.6) is 11.5 Å². The standard InChI is InChI=1S/C34H48F3N3O6/c1-23-19-40(24(2)22-41)33(43)29-18-27(38-32(42)15-16-34(35,36)37)11-14-30(29)46-25(3)8-6-7-17-45-31(23)21-39(4)20-26-9-12-28(44-5)13-10-26/h9-14,18,23-25,31,41H,6-8,15-17,19-22H2,1-5H3,(H,38,42)/t23-,24+,25-,31+/m1/s1. The summed E-state index contributed by atoms with van der Waals surface area (Å²) >= 11 is 0. The summed E-state index contributed by atoms with van der Waals surface area (Å²) < 4.78 is 55.8. The molecule has 1 heterocycles. The molecule has 1 aliphatic heterocycles. The van der Waals surface area contributed by atoms with Crippen molar-refractivity contribution in [3.63, 3.8) is 0 Å². The number of fused-ring (bicyclic) bond motifs is 1. The molecule has 1 aliphatic rings. The number of nitrogens with zero attached hydrogens (tertiary/aromatic N) is 2. The van der Waals surface area contributed by atoms with E-state index in [1.807, 2.05) is 45.2 Å². The maximum atomic E-state index is 14.2. The first kappa shape index (κ1) is 37.1. The number of likely N-dealkylation sites (N-methyl/N-ethyl adjacent to an activating group) is 1. The van der Waals surface area contributed by atoms with Gasteiger partial charge in [-0.15, -0.1) is 0 Å². The molecule has 0 aromatic heterocycles. The molecule has 0 radical (unpaired) electrons. The van der Waals surface area contributed by atoms with Gasteiger partial charge in [-0.05, 0) is 76.1 Å². The van der Waals surface area contributed by atoms with Crippen molar-refractivity contribution >= 4 is 17.5 Å². The van der Waals surface area contributed by atoms with Gasteiger partial charge < -0.3 is 29.5 Å². The van der Waals surface area contributed by atoms with Gasteiger partial charge in [0.2, 0.25) is 5.91 Å². The molecule has 256 valence electrons. The Labute approximate surface area is 270 Å². The maximum absolute atomic E-state index is 14.2. The minimum atomic E-state index is -4.46. The first-order valence-corrected chi connectivity index (χ1v) is 15.8. The monoisotopic (exact) mass is 651 g/mol. The van der Waals surface area contributed by atoms with Gasteiger partial charge in [-0.1, -0.05) is 19.1 Å². The Bertz CT molecular complexity index is 1260. The van der Waals surface area contributed by atoms with Crippen LogP contribution in [-0.4, -0.2) is 91.6 Å². The largest absolute Gasteiger partial charge is 0.497 e. The highest BCUT2D eigenvalue weighted by Crippen LogP contribution is 2.29. The normalized spacial score (nSPS) is 20.8. The number of aliphatic hydroxyl groups excluding tert-OH is 1. The summed E-state index contributed by atoms with van der Waals surface area (Å²) in [6.07, 6.45) is -4.53. The predicted molar refractivity (Wildman–Crippen MR) is 170 cm³/mol. The number of rotatable bonds is 10. The topological polar surface area (TPSA) is 101 Å². The highest BCUT2D eigenvalue weighted by atomic mass is 19.4. The number of carbonyl (C=O) groups is 2. The Balaban J connectivity index is 1.87. The Kier molecular flexibility index (Phi) is 14.1. The average molecular weight is 652 g/mol. The van der Waals surface area contributed by atoms with E-state index in [1.165, 1.54) is 12.1 Å². The van der Waals surface area contributed by atoms with E-state index in [9.17, 15) is 27.9 Å². The molecule has 0 unspecified atom stereocenters. The quantitative estimate of drug-likeness (QED) is 0.330. The highest BCUT2D eigenvalue weighted by Gasteiger charge is 2.31. The summed E-state index contributed by atoms with van der Waals surface area (Å²) in [5, 5.41) is 12.6. The van der Waals surface area contributed by atoms with Crippen LogP contribution in [-0.2, 0) is 16.1 Å². The lowest BCUT2D eigenvalue weighted by atomic mass is 10.0. The van der Waals surface area contributed by atoms with E-state index in [0.29, 0.717) is 31.9 Å². The zero-order valence-corrected chi connectivity index (χ0v) is 27.4. The number of amides is 2. The lowest BCUT2D eigenvalue weighted by molar-refractivity contribution is -0.142. The van der Waals surface area contributed by atoms with Crippen molar-refractivity contribution in [1.82, 2.24) is 9.80 Å². The zero-order valence-electron chi connectivity index (χ0n) is 27.4. The number of anilines is 1. The summed E-state index contributed by atoms with van der Waals surface area (Å²) in [6.45, 7) is 7.47. The Hall–Kier alpha value is -3.35. The molecule has 12 heteroatoms. The molecule has 0 fully saturated rings. The second kappa shape index (κ2) is 17.5. The number of nitrogens with one attached hydrogen (secondary N) is 1. The SMILES string of the molecule is COc1ccc(CN(C)C[C@@H]2OCCCC[C@@H](C)Oc3ccc(NC(=O)CCC(F)(F)F)cc3C(=O)N([C@@H](C)CO)C[C@H]2C)cc1. The van der Waals surface area contributed by atoms with Crippen molar-refractivity contribution in [3.05, 3.63) is 53.6 Å². The van der Waals surface area contributed by atoms with Crippen LogP contribution in [0.3, 0.4) is 0 Å². The minimum absolute atomic E-state index is 0.132. The average Bonchev–Trinajstić information content (AvgIpc) is 3.01. The van der Waals surface area contributed by atoms with Crippen LogP contribution in [0.1, 0.15) is 68.8 Å². The van der Waals surface area contributed by atoms with Crippen LogP contribution in [0.15, 0.2) is 42.5 Å². The number of benzene rings is 2. The number of halogens is 3. The third-order valence-electron chi connectivity index (χ3n) is 8.07. The van der Waals surface area contributed by atoms with Crippen LogP contribution in [0.2, 0.25) is 0 Å². The molecule has 0 bridgehead atoms. The summed E-state index contributed by atoms with van der Waals surface area (Å²) in [5.74, 6) is -0.280. The predicted octanol–water partition coefficient (Wildman–Crippen LogP) is 5.90. The van der Waals surface area contributed by atoms with Crippen LogP contribution in [0.25, 0.3) is 0 Å². The smallest absolute Gasteiger partial charge is 0.389 e. The van der Waals surface area contributed by atoms with Crippen molar-refractivity contribution in [3.8, 4) is 11.5 Å². The molecule has 0 saturated heterocycles. The molecule has 2 N–H and O–H groups in total. The van der Waals surface area contributed by atoms with Gasteiger partial charge in [0.1, 0.15) is 11.5 Å². The van der Waals surface area contributed by atoms with Gasteiger partial charge in [-0.25, -0.2) is 0 Å². The zero-order chi connectivity index (χ0) is 33.9. The van der Waals surface area contributed by atoms with Crippen molar-refractivity contribution in [2.24, 2.45) is 5.92 Å². The van der Waals surface area contributed by atoms with Gasteiger partial charge >= 0.3 is 6.18 Å². The summed E-state index contributed by atoms with van der Waals surface area (Å²) in [6, 6.07) is 11.8. The fourth-order valence-corrected chi connectivity index (χ4v) is 5.36. The van der Waals surface area contributed by atoms with E-state index < -0.39 is 36.9 Å². The molecule has 4 atom stereocenters. The van der Waals surface area contributed by atoms with E-state index in [4.69, 9.17) is 14.2 Å². The summed E-state index contributed by atoms with van der Waals surface area (Å²) in [4.78, 5) is 30.2. The Morgan fingerprint density at radius 3 is 2.54 bits per heavy atom. The molecule has 0 aliphatic carbocycles. The molecule has 46 heavy (non-hydrogen) atoms. The number of hydrogen-bond acceptors (Lipinski definition) is 7. The van der Waals surface area contributed by atoms with E-state index >= 15 is 0 Å². The number of hydrogen-bond donors (Lipinski definition) is 2. The fourth-order valence-electron chi connectivity index (χ4n) is 5.36. The van der Waals surface area contributed by atoms with Crippen LogP contribution < -0.4 is 14.8 Å². The van der Waals surface area contributed by atoms with E-state index in [2.05, 4.69) is 10.2 Å². The number of methoxy groups -OCH3 is 1. The third-order valence-corrected chi connectivity index (χ3v) is 8.07. The van der Waals surface area contributed by atoms with Crippen LogP contribution >= 0.6 is 0 Å². The van der Waals surface area contributed by atoms with Gasteiger partial charge in [0.05, 0.1) is 44.0 Å². The Morgan fingerprint density at radius 2 is 1.89 bits per heavy atom. The molecule has 0 saturated carbocycles. The minimum Gasteiger partial charge on any atom is -0.497 e. The molecule has 2 aromatic rings. The number of ether oxygens (including phenoxy) is 3. The van der Waals surface area contributed by atoms with Gasteiger partial charge in [0.25, 0.3) is 5.91 Å². The van der Waals surface area contributed by atoms with Crippen LogP contribution in [0.4, 0.5) is 18.9 Å². The van der Waals surface area contributed by atoms with Gasteiger partial charge in [-0.3, -0.25) is 14.5 Å². The van der Waals surface area contributed by atoms with Crippen molar-refractivity contribution in [2.45, 2.75) is 83.8 Å². The lowest BCUT2D eigenvalue weighted by Gasteiger charge is -2.36. The van der Waals surface area contributed by atoms with Gasteiger partial charge in [0.15, 0.2) is 0 Å². The number of carbonyl (C=O) groups excluding carboxylic acids is 2. The Morgan fingerprint density at radius 1 is 1.17 bits per heavy atom. The molecule has 2 amide bonds. The lowest BCUT2D eigenvalue weighted by Crippen LogP contribution is -2.47. The molecule has 3 rings (SSSR count). The fraction of sp³-hybridized carbons (Fsp3) is 0.588. The molecule has 0 spiro atoms. The number of aliphatic hydroxyl groups is 1. The molecule has 2 aromatic carbocycles. The second-order valence-electron chi connectivity index (χ2n) is 12.2. The van der Waals surface area contributed by atoms with E-state index in [-0.39, 0.29) is 42.5 Å². The highest BCUT2D eigenvalue weighted by molar-refractivity contribution is 5.99. The van der Waals surface area contributed by atoms with Gasteiger partial charge in [0, 0.05) is 44.3 Å². The third kappa shape index (κ3) is 11.8. The van der Waals surface area contributed by atoms with Gasteiger partial charge in [-0.2, -0.15) is 13.2 Å². The van der Waals surface area contributed by atoms with Crippen molar-refractivity contribution in [1.29, 1.82) is 0 Å². The van der Waals surface area contributed by atoms with Crippen molar-refractivity contribution in [2.75, 3.05) is 45.8 Å².